The number of ketones is 1. The van der Waals surface area contributed by atoms with Crippen molar-refractivity contribution in [3.8, 4) is 0 Å². The molecule has 0 spiro atoms. The Bertz CT molecular complexity index is 340. The van der Waals surface area contributed by atoms with E-state index in [0.29, 0.717) is 5.56 Å². The Hall–Kier alpha value is -1.16. The number of ether oxygens (including phenoxy) is 1. The van der Waals surface area contributed by atoms with Gasteiger partial charge in [0, 0.05) is 12.8 Å². The van der Waals surface area contributed by atoms with Crippen LogP contribution in [-0.2, 0) is 11.3 Å². The second-order valence-corrected chi connectivity index (χ2v) is 4.00. The molecular weight excluding hydrogens is 192 g/mol. The zero-order valence-corrected chi connectivity index (χ0v) is 8.98. The predicted molar refractivity (Wildman–Crippen MR) is 55.8 cm³/mol. The lowest BCUT2D eigenvalue weighted by atomic mass is 10.1. The number of carbonyl (C=O) groups is 1. The van der Waals surface area contributed by atoms with Crippen LogP contribution in [0.3, 0.4) is 0 Å². The van der Waals surface area contributed by atoms with E-state index in [4.69, 9.17) is 4.74 Å². The van der Waals surface area contributed by atoms with Crippen LogP contribution in [0.2, 0.25) is 0 Å². The maximum Gasteiger partial charge on any atom is 0.162 e. The third kappa shape index (κ3) is 2.65. The molecule has 0 amide bonds. The van der Waals surface area contributed by atoms with Crippen molar-refractivity contribution in [2.75, 3.05) is 6.61 Å². The van der Waals surface area contributed by atoms with E-state index in [1.165, 1.54) is 6.42 Å². The fourth-order valence-corrected chi connectivity index (χ4v) is 1.81. The van der Waals surface area contributed by atoms with Crippen molar-refractivity contribution in [1.29, 1.82) is 0 Å². The zero-order chi connectivity index (χ0) is 10.7. The summed E-state index contributed by atoms with van der Waals surface area (Å²) in [6.07, 6.45) is 7.15. The first kappa shape index (κ1) is 10.4. The van der Waals surface area contributed by atoms with Crippen LogP contribution in [0.1, 0.15) is 36.5 Å². The van der Waals surface area contributed by atoms with Gasteiger partial charge in [0.2, 0.25) is 0 Å². The van der Waals surface area contributed by atoms with E-state index in [9.17, 15) is 4.79 Å². The summed E-state index contributed by atoms with van der Waals surface area (Å²) in [6, 6.07) is 0. The molecule has 1 aliphatic rings. The van der Waals surface area contributed by atoms with Gasteiger partial charge in [-0.2, -0.15) is 5.10 Å². The van der Waals surface area contributed by atoms with Crippen molar-refractivity contribution < 1.29 is 9.53 Å². The largest absolute Gasteiger partial charge is 0.376 e. The van der Waals surface area contributed by atoms with Gasteiger partial charge >= 0.3 is 0 Å². The van der Waals surface area contributed by atoms with Crippen molar-refractivity contribution in [3.05, 3.63) is 18.0 Å². The molecule has 1 aliphatic heterocycles. The molecule has 0 aliphatic carbocycles. The van der Waals surface area contributed by atoms with E-state index in [2.05, 4.69) is 5.10 Å². The smallest absolute Gasteiger partial charge is 0.162 e. The summed E-state index contributed by atoms with van der Waals surface area (Å²) in [4.78, 5) is 11.1. The highest BCUT2D eigenvalue weighted by atomic mass is 16.5. The fraction of sp³-hybridized carbons (Fsp3) is 0.636. The Balaban J connectivity index is 1.94. The lowest BCUT2D eigenvalue weighted by Gasteiger charge is -2.22. The minimum absolute atomic E-state index is 0.0609. The summed E-state index contributed by atoms with van der Waals surface area (Å²) in [5, 5.41) is 4.15. The number of carbonyl (C=O) groups excluding carboxylic acids is 1. The molecule has 0 saturated carbocycles. The zero-order valence-electron chi connectivity index (χ0n) is 8.98. The van der Waals surface area contributed by atoms with Crippen LogP contribution < -0.4 is 0 Å². The van der Waals surface area contributed by atoms with Gasteiger partial charge in [-0.1, -0.05) is 0 Å². The van der Waals surface area contributed by atoms with Gasteiger partial charge in [-0.25, -0.2) is 0 Å². The number of Topliss-reactive ketones (excluding diaryl/α,β-unsaturated/α-hetero) is 1. The molecule has 1 saturated heterocycles. The summed E-state index contributed by atoms with van der Waals surface area (Å²) in [5.74, 6) is 0.0609. The maximum atomic E-state index is 11.1. The van der Waals surface area contributed by atoms with Gasteiger partial charge < -0.3 is 4.74 Å². The van der Waals surface area contributed by atoms with Crippen LogP contribution in [0.15, 0.2) is 12.4 Å². The summed E-state index contributed by atoms with van der Waals surface area (Å²) < 4.78 is 7.40. The number of nitrogens with zero attached hydrogens (tertiary/aromatic N) is 2. The quantitative estimate of drug-likeness (QED) is 0.709. The first-order valence-electron chi connectivity index (χ1n) is 5.40. The fourth-order valence-electron chi connectivity index (χ4n) is 1.81. The third-order valence-corrected chi connectivity index (χ3v) is 2.70. The van der Waals surface area contributed by atoms with E-state index in [-0.39, 0.29) is 11.9 Å². The van der Waals surface area contributed by atoms with E-state index < -0.39 is 0 Å². The van der Waals surface area contributed by atoms with Gasteiger partial charge in [-0.3, -0.25) is 9.48 Å². The molecule has 82 valence electrons. The number of hydrogen-bond donors (Lipinski definition) is 0. The summed E-state index contributed by atoms with van der Waals surface area (Å²) >= 11 is 0. The van der Waals surface area contributed by atoms with E-state index in [1.807, 2.05) is 0 Å². The molecule has 2 rings (SSSR count). The standard InChI is InChI=1S/C11H16N2O2/c1-9(14)10-6-12-13(7-10)8-11-4-2-3-5-15-11/h6-7,11H,2-5,8H2,1H3. The third-order valence-electron chi connectivity index (χ3n) is 2.70. The van der Waals surface area contributed by atoms with Crippen molar-refractivity contribution in [1.82, 2.24) is 9.78 Å². The normalized spacial score (nSPS) is 21.5. The molecule has 2 heterocycles. The molecular formula is C11H16N2O2. The molecule has 4 heteroatoms. The van der Waals surface area contributed by atoms with Gasteiger partial charge in [0.1, 0.15) is 0 Å². The van der Waals surface area contributed by atoms with Crippen LogP contribution in [-0.4, -0.2) is 28.3 Å². The van der Waals surface area contributed by atoms with Gasteiger partial charge in [-0.05, 0) is 26.2 Å². The Morgan fingerprint density at radius 3 is 3.13 bits per heavy atom. The molecule has 0 N–H and O–H groups in total. The summed E-state index contributed by atoms with van der Waals surface area (Å²) in [5.41, 5.74) is 0.672. The highest BCUT2D eigenvalue weighted by molar-refractivity contribution is 5.93. The predicted octanol–water partition coefficient (Wildman–Crippen LogP) is 1.65. The molecule has 1 fully saturated rings. The van der Waals surface area contributed by atoms with Crippen LogP contribution in [0.25, 0.3) is 0 Å². The van der Waals surface area contributed by atoms with Crippen molar-refractivity contribution in [2.45, 2.75) is 38.8 Å². The highest BCUT2D eigenvalue weighted by Crippen LogP contribution is 2.14. The molecule has 1 aromatic heterocycles. The van der Waals surface area contributed by atoms with Crippen molar-refractivity contribution in [2.24, 2.45) is 0 Å². The Morgan fingerprint density at radius 2 is 2.53 bits per heavy atom. The van der Waals surface area contributed by atoms with Crippen molar-refractivity contribution in [3.63, 3.8) is 0 Å². The van der Waals surface area contributed by atoms with Crippen LogP contribution in [0.5, 0.6) is 0 Å². The number of hydrogen-bond acceptors (Lipinski definition) is 3. The molecule has 1 aromatic rings. The molecule has 0 bridgehead atoms. The molecule has 1 unspecified atom stereocenters. The first-order valence-corrected chi connectivity index (χ1v) is 5.40. The minimum atomic E-state index is 0.0609. The first-order chi connectivity index (χ1) is 7.25. The minimum Gasteiger partial charge on any atom is -0.376 e. The van der Waals surface area contributed by atoms with E-state index >= 15 is 0 Å². The second-order valence-electron chi connectivity index (χ2n) is 4.00. The molecule has 0 aromatic carbocycles. The summed E-state index contributed by atoms with van der Waals surface area (Å²) in [7, 11) is 0. The maximum absolute atomic E-state index is 11.1. The monoisotopic (exact) mass is 208 g/mol. The van der Waals surface area contributed by atoms with Crippen LogP contribution in [0.4, 0.5) is 0 Å². The van der Waals surface area contributed by atoms with Gasteiger partial charge in [0.05, 0.1) is 24.4 Å². The molecule has 4 nitrogen and oxygen atoms in total. The van der Waals surface area contributed by atoms with Crippen molar-refractivity contribution >= 4 is 5.78 Å². The van der Waals surface area contributed by atoms with Gasteiger partial charge in [-0.15, -0.1) is 0 Å². The lowest BCUT2D eigenvalue weighted by Crippen LogP contribution is -2.24. The van der Waals surface area contributed by atoms with E-state index in [1.54, 1.807) is 24.0 Å². The Labute approximate surface area is 89.2 Å². The lowest BCUT2D eigenvalue weighted by molar-refractivity contribution is 0.00398. The average Bonchev–Trinajstić information content (AvgIpc) is 2.68. The van der Waals surface area contributed by atoms with Crippen LogP contribution in [0, 0.1) is 0 Å². The molecule has 0 radical (unpaired) electrons. The molecule has 1 atom stereocenters. The second kappa shape index (κ2) is 4.57. The van der Waals surface area contributed by atoms with Gasteiger partial charge in [0.15, 0.2) is 5.78 Å². The van der Waals surface area contributed by atoms with Gasteiger partial charge in [0.25, 0.3) is 0 Å². The number of rotatable bonds is 3. The molecule has 15 heavy (non-hydrogen) atoms. The SMILES string of the molecule is CC(=O)c1cnn(CC2CCCCO2)c1. The number of aromatic nitrogens is 2. The summed E-state index contributed by atoms with van der Waals surface area (Å²) in [6.45, 7) is 3.16. The van der Waals surface area contributed by atoms with E-state index in [0.717, 1.165) is 26.0 Å². The highest BCUT2D eigenvalue weighted by Gasteiger charge is 2.15. The Kier molecular flexibility index (Phi) is 3.16. The topological polar surface area (TPSA) is 44.1 Å². The van der Waals surface area contributed by atoms with Crippen LogP contribution >= 0.6 is 0 Å². The Morgan fingerprint density at radius 1 is 1.67 bits per heavy atom. The average molecular weight is 208 g/mol.